The number of ketones is 1. The van der Waals surface area contributed by atoms with Crippen LogP contribution in [0.5, 0.6) is 0 Å². The van der Waals surface area contributed by atoms with Crippen molar-refractivity contribution in [2.45, 2.75) is 6.42 Å². The minimum Gasteiger partial charge on any atom is -0.452 e. The van der Waals surface area contributed by atoms with Crippen LogP contribution in [0.2, 0.25) is 0 Å². The largest absolute Gasteiger partial charge is 0.452 e. The van der Waals surface area contributed by atoms with E-state index in [1.165, 1.54) is 12.1 Å². The molecule has 3 rings (SSSR count). The zero-order valence-corrected chi connectivity index (χ0v) is 13.9. The van der Waals surface area contributed by atoms with Crippen molar-refractivity contribution in [3.63, 3.8) is 0 Å². The van der Waals surface area contributed by atoms with Gasteiger partial charge in [-0.15, -0.1) is 0 Å². The Morgan fingerprint density at radius 1 is 1.10 bits per heavy atom. The van der Waals surface area contributed by atoms with Gasteiger partial charge in [-0.05, 0) is 51.8 Å². The predicted molar refractivity (Wildman–Crippen MR) is 86.0 cm³/mol. The van der Waals surface area contributed by atoms with Gasteiger partial charge in [0.1, 0.15) is 11.4 Å². The van der Waals surface area contributed by atoms with Gasteiger partial charge in [0.25, 0.3) is 0 Å². The van der Waals surface area contributed by atoms with Crippen molar-refractivity contribution in [2.24, 2.45) is 0 Å². The second-order valence-electron chi connectivity index (χ2n) is 4.60. The van der Waals surface area contributed by atoms with E-state index in [1.807, 2.05) is 18.2 Å². The molecule has 0 unspecified atom stereocenters. The molecule has 0 saturated carbocycles. The normalized spacial score (nSPS) is 11.0. The monoisotopic (exact) mass is 410 g/mol. The Morgan fingerprint density at radius 3 is 2.67 bits per heavy atom. The number of fused-ring (bicyclic) bond motifs is 1. The SMILES string of the molecule is O=C(Cc1cc(F)ccc1Br)c1cc2cccc(Br)c2o1. The fourth-order valence-corrected chi connectivity index (χ4v) is 2.95. The van der Waals surface area contributed by atoms with E-state index in [2.05, 4.69) is 31.9 Å². The molecule has 0 atom stereocenters. The van der Waals surface area contributed by atoms with E-state index in [0.29, 0.717) is 15.6 Å². The zero-order valence-electron chi connectivity index (χ0n) is 10.7. The lowest BCUT2D eigenvalue weighted by atomic mass is 10.1. The van der Waals surface area contributed by atoms with Crippen LogP contribution in [-0.4, -0.2) is 5.78 Å². The van der Waals surface area contributed by atoms with Gasteiger partial charge in [0.15, 0.2) is 5.76 Å². The summed E-state index contributed by atoms with van der Waals surface area (Å²) in [6.45, 7) is 0. The van der Waals surface area contributed by atoms with Crippen molar-refractivity contribution in [3.8, 4) is 0 Å². The molecule has 2 nitrogen and oxygen atoms in total. The van der Waals surface area contributed by atoms with Gasteiger partial charge in [0, 0.05) is 16.3 Å². The van der Waals surface area contributed by atoms with Gasteiger partial charge in [-0.3, -0.25) is 4.79 Å². The fraction of sp³-hybridized carbons (Fsp3) is 0.0625. The lowest BCUT2D eigenvalue weighted by Gasteiger charge is -2.02. The Morgan fingerprint density at radius 2 is 1.90 bits per heavy atom. The molecule has 5 heteroatoms. The minimum absolute atomic E-state index is 0.0792. The maximum absolute atomic E-state index is 13.3. The van der Waals surface area contributed by atoms with E-state index < -0.39 is 0 Å². The summed E-state index contributed by atoms with van der Waals surface area (Å²) in [5.41, 5.74) is 1.23. The fourth-order valence-electron chi connectivity index (χ4n) is 2.10. The first kappa shape index (κ1) is 14.5. The average molecular weight is 412 g/mol. The zero-order chi connectivity index (χ0) is 15.0. The highest BCUT2D eigenvalue weighted by Crippen LogP contribution is 2.28. The number of para-hydroxylation sites is 1. The average Bonchev–Trinajstić information content (AvgIpc) is 2.88. The highest BCUT2D eigenvalue weighted by molar-refractivity contribution is 9.11. The number of rotatable bonds is 3. The Balaban J connectivity index is 1.93. The molecule has 0 amide bonds. The third-order valence-electron chi connectivity index (χ3n) is 3.13. The van der Waals surface area contributed by atoms with Crippen molar-refractivity contribution in [1.82, 2.24) is 0 Å². The first-order valence-corrected chi connectivity index (χ1v) is 7.78. The molecule has 3 aromatic rings. The van der Waals surface area contributed by atoms with Crippen LogP contribution in [-0.2, 0) is 6.42 Å². The van der Waals surface area contributed by atoms with Gasteiger partial charge in [0.2, 0.25) is 5.78 Å². The summed E-state index contributed by atoms with van der Waals surface area (Å²) in [6, 6.07) is 11.6. The summed E-state index contributed by atoms with van der Waals surface area (Å²) < 4.78 is 20.4. The maximum Gasteiger partial charge on any atom is 0.202 e. The lowest BCUT2D eigenvalue weighted by Crippen LogP contribution is -2.03. The summed E-state index contributed by atoms with van der Waals surface area (Å²) in [7, 11) is 0. The molecule has 0 spiro atoms. The predicted octanol–water partition coefficient (Wildman–Crippen LogP) is 5.52. The summed E-state index contributed by atoms with van der Waals surface area (Å²) in [5, 5.41) is 0.853. The summed E-state index contributed by atoms with van der Waals surface area (Å²) in [6.07, 6.45) is 0.0792. The number of carbonyl (C=O) groups is 1. The van der Waals surface area contributed by atoms with Crippen LogP contribution in [0, 0.1) is 5.82 Å². The summed E-state index contributed by atoms with van der Waals surface area (Å²) in [4.78, 5) is 12.3. The van der Waals surface area contributed by atoms with Gasteiger partial charge in [-0.1, -0.05) is 28.1 Å². The molecule has 0 fully saturated rings. The minimum atomic E-state index is -0.367. The van der Waals surface area contributed by atoms with Gasteiger partial charge in [0.05, 0.1) is 4.47 Å². The Bertz CT molecular complexity index is 839. The van der Waals surface area contributed by atoms with Crippen molar-refractivity contribution >= 4 is 48.6 Å². The van der Waals surface area contributed by atoms with Gasteiger partial charge >= 0.3 is 0 Å². The van der Waals surface area contributed by atoms with Crippen molar-refractivity contribution in [1.29, 1.82) is 0 Å². The molecule has 0 aliphatic rings. The van der Waals surface area contributed by atoms with E-state index in [1.54, 1.807) is 12.1 Å². The standard InChI is InChI=1S/C16H9Br2FO2/c17-12-5-4-11(19)6-10(12)7-14(20)15-8-9-2-1-3-13(18)16(9)21-15/h1-6,8H,7H2. The number of carbonyl (C=O) groups excluding carboxylic acids is 1. The molecule has 0 aliphatic heterocycles. The Kier molecular flexibility index (Phi) is 3.95. The first-order valence-electron chi connectivity index (χ1n) is 6.20. The number of hydrogen-bond acceptors (Lipinski definition) is 2. The third kappa shape index (κ3) is 2.94. The van der Waals surface area contributed by atoms with E-state index in [4.69, 9.17) is 4.42 Å². The molecule has 0 N–H and O–H groups in total. The van der Waals surface area contributed by atoms with Crippen LogP contribution < -0.4 is 0 Å². The molecule has 106 valence electrons. The number of furan rings is 1. The van der Waals surface area contributed by atoms with Crippen LogP contribution in [0.25, 0.3) is 11.0 Å². The van der Waals surface area contributed by atoms with Crippen LogP contribution in [0.4, 0.5) is 4.39 Å². The smallest absolute Gasteiger partial charge is 0.202 e. The second-order valence-corrected chi connectivity index (χ2v) is 6.31. The molecule has 2 aromatic carbocycles. The number of halogens is 3. The second kappa shape index (κ2) is 5.73. The van der Waals surface area contributed by atoms with Gasteiger partial charge in [-0.25, -0.2) is 4.39 Å². The van der Waals surface area contributed by atoms with Gasteiger partial charge in [-0.2, -0.15) is 0 Å². The molecule has 0 aliphatic carbocycles. The van der Waals surface area contributed by atoms with E-state index in [-0.39, 0.29) is 23.8 Å². The van der Waals surface area contributed by atoms with E-state index in [0.717, 1.165) is 9.86 Å². The van der Waals surface area contributed by atoms with Crippen molar-refractivity contribution in [3.05, 3.63) is 68.6 Å². The lowest BCUT2D eigenvalue weighted by molar-refractivity contribution is 0.0968. The number of hydrogen-bond donors (Lipinski definition) is 0. The molecule has 1 aromatic heterocycles. The molecule has 1 heterocycles. The molecule has 21 heavy (non-hydrogen) atoms. The Labute approximate surface area is 137 Å². The molecule has 0 bridgehead atoms. The topological polar surface area (TPSA) is 30.2 Å². The summed E-state index contributed by atoms with van der Waals surface area (Å²) >= 11 is 6.71. The first-order chi connectivity index (χ1) is 10.0. The van der Waals surface area contributed by atoms with Gasteiger partial charge < -0.3 is 4.42 Å². The van der Waals surface area contributed by atoms with Crippen LogP contribution >= 0.6 is 31.9 Å². The highest BCUT2D eigenvalue weighted by atomic mass is 79.9. The van der Waals surface area contributed by atoms with Crippen LogP contribution in [0.15, 0.2) is 55.8 Å². The maximum atomic E-state index is 13.3. The number of Topliss-reactive ketones (excluding diaryl/α,β-unsaturated/α-hetero) is 1. The molecular formula is C16H9Br2FO2. The third-order valence-corrected chi connectivity index (χ3v) is 4.53. The van der Waals surface area contributed by atoms with E-state index in [9.17, 15) is 9.18 Å². The van der Waals surface area contributed by atoms with Crippen LogP contribution in [0.1, 0.15) is 16.1 Å². The number of benzene rings is 2. The Hall–Kier alpha value is -1.46. The van der Waals surface area contributed by atoms with E-state index >= 15 is 0 Å². The molecular weight excluding hydrogens is 403 g/mol. The van der Waals surface area contributed by atoms with Crippen molar-refractivity contribution < 1.29 is 13.6 Å². The summed E-state index contributed by atoms with van der Waals surface area (Å²) in [5.74, 6) is -0.286. The van der Waals surface area contributed by atoms with Crippen molar-refractivity contribution in [2.75, 3.05) is 0 Å². The molecule has 0 saturated heterocycles. The van der Waals surface area contributed by atoms with Crippen LogP contribution in [0.3, 0.4) is 0 Å². The highest BCUT2D eigenvalue weighted by Gasteiger charge is 2.16. The molecule has 0 radical (unpaired) electrons. The quantitative estimate of drug-likeness (QED) is 0.531.